The summed E-state index contributed by atoms with van der Waals surface area (Å²) in [5.41, 5.74) is 1.21. The van der Waals surface area contributed by atoms with Crippen LogP contribution in [0.4, 0.5) is 0 Å². The van der Waals surface area contributed by atoms with Gasteiger partial charge in [-0.05, 0) is 24.6 Å². The first-order valence-electron chi connectivity index (χ1n) is 9.70. The molecule has 1 fully saturated rings. The predicted molar refractivity (Wildman–Crippen MR) is 112 cm³/mol. The molecule has 1 atom stereocenters. The summed E-state index contributed by atoms with van der Waals surface area (Å²) in [7, 11) is 1.60. The van der Waals surface area contributed by atoms with E-state index in [1.807, 2.05) is 47.4 Å². The van der Waals surface area contributed by atoms with E-state index in [-0.39, 0.29) is 5.91 Å². The Morgan fingerprint density at radius 1 is 1.00 bits per heavy atom. The van der Waals surface area contributed by atoms with Gasteiger partial charge in [0.2, 0.25) is 0 Å². The van der Waals surface area contributed by atoms with Gasteiger partial charge < -0.3 is 14.4 Å². The Kier molecular flexibility index (Phi) is 7.09. The second-order valence-electron chi connectivity index (χ2n) is 6.85. The number of piperazine rings is 1. The number of nitrogens with zero attached hydrogens (tertiary/aromatic N) is 2. The van der Waals surface area contributed by atoms with Crippen LogP contribution in [0.5, 0.6) is 11.5 Å². The summed E-state index contributed by atoms with van der Waals surface area (Å²) in [4.78, 5) is 17.0. The van der Waals surface area contributed by atoms with Crippen molar-refractivity contribution >= 4 is 12.0 Å². The second kappa shape index (κ2) is 9.95. The van der Waals surface area contributed by atoms with Crippen LogP contribution in [0.3, 0.4) is 0 Å². The maximum atomic E-state index is 12.7. The highest BCUT2D eigenvalue weighted by Crippen LogP contribution is 2.27. The molecule has 1 aliphatic heterocycles. The summed E-state index contributed by atoms with van der Waals surface area (Å²) in [6.07, 6.45) is 3.78. The zero-order valence-electron chi connectivity index (χ0n) is 16.6. The number of amides is 1. The molecular weight excluding hydrogens is 352 g/mol. The Hall–Kier alpha value is -2.79. The average molecular weight is 380 g/mol. The SMILES string of the molecule is COc1ccccc1OC(C)C(=O)N1CCN(CC=Cc2ccccc2)CC1. The molecule has 1 aliphatic rings. The molecule has 28 heavy (non-hydrogen) atoms. The summed E-state index contributed by atoms with van der Waals surface area (Å²) < 4.78 is 11.1. The maximum absolute atomic E-state index is 12.7. The molecule has 1 amide bonds. The van der Waals surface area contributed by atoms with Crippen LogP contribution in [0.1, 0.15) is 12.5 Å². The minimum absolute atomic E-state index is 0.0189. The molecule has 3 rings (SSSR count). The fourth-order valence-corrected chi connectivity index (χ4v) is 3.27. The zero-order chi connectivity index (χ0) is 19.8. The largest absolute Gasteiger partial charge is 0.493 e. The first-order valence-corrected chi connectivity index (χ1v) is 9.70. The Morgan fingerprint density at radius 2 is 1.64 bits per heavy atom. The number of methoxy groups -OCH3 is 1. The first kappa shape index (κ1) is 20.0. The van der Waals surface area contributed by atoms with Crippen molar-refractivity contribution in [2.75, 3.05) is 39.8 Å². The molecule has 5 nitrogen and oxygen atoms in total. The van der Waals surface area contributed by atoms with Crippen LogP contribution >= 0.6 is 0 Å². The van der Waals surface area contributed by atoms with Crippen LogP contribution < -0.4 is 9.47 Å². The van der Waals surface area contributed by atoms with Gasteiger partial charge in [0.15, 0.2) is 17.6 Å². The number of para-hydroxylation sites is 2. The average Bonchev–Trinajstić information content (AvgIpc) is 2.75. The maximum Gasteiger partial charge on any atom is 0.263 e. The summed E-state index contributed by atoms with van der Waals surface area (Å²) in [6, 6.07) is 17.7. The minimum Gasteiger partial charge on any atom is -0.493 e. The van der Waals surface area contributed by atoms with Gasteiger partial charge in [-0.2, -0.15) is 0 Å². The third kappa shape index (κ3) is 5.36. The minimum atomic E-state index is -0.541. The van der Waals surface area contributed by atoms with E-state index in [0.717, 1.165) is 32.7 Å². The van der Waals surface area contributed by atoms with Crippen molar-refractivity contribution in [3.8, 4) is 11.5 Å². The summed E-state index contributed by atoms with van der Waals surface area (Å²) in [5.74, 6) is 1.25. The molecule has 1 unspecified atom stereocenters. The molecule has 0 saturated carbocycles. The standard InChI is InChI=1S/C23H28N2O3/c1-19(28-22-13-7-6-12-21(22)27-2)23(26)25-17-15-24(16-18-25)14-8-11-20-9-4-3-5-10-20/h3-13,19H,14-18H2,1-2H3. The highest BCUT2D eigenvalue weighted by molar-refractivity contribution is 5.81. The van der Waals surface area contributed by atoms with Gasteiger partial charge in [-0.1, -0.05) is 54.6 Å². The number of benzene rings is 2. The van der Waals surface area contributed by atoms with Gasteiger partial charge in [0.1, 0.15) is 0 Å². The summed E-state index contributed by atoms with van der Waals surface area (Å²) in [6.45, 7) is 5.86. The van der Waals surface area contributed by atoms with Gasteiger partial charge in [0, 0.05) is 32.7 Å². The number of carbonyl (C=O) groups is 1. The van der Waals surface area contributed by atoms with Crippen molar-refractivity contribution in [3.63, 3.8) is 0 Å². The van der Waals surface area contributed by atoms with E-state index in [0.29, 0.717) is 11.5 Å². The summed E-state index contributed by atoms with van der Waals surface area (Å²) >= 11 is 0. The number of rotatable bonds is 7. The lowest BCUT2D eigenvalue weighted by Crippen LogP contribution is -2.51. The molecule has 0 N–H and O–H groups in total. The molecule has 1 heterocycles. The molecule has 0 spiro atoms. The van der Waals surface area contributed by atoms with E-state index in [2.05, 4.69) is 29.2 Å². The van der Waals surface area contributed by atoms with Gasteiger partial charge in [0.25, 0.3) is 5.91 Å². The molecule has 2 aromatic rings. The van der Waals surface area contributed by atoms with Crippen LogP contribution in [0, 0.1) is 0 Å². The van der Waals surface area contributed by atoms with E-state index >= 15 is 0 Å². The van der Waals surface area contributed by atoms with Crippen LogP contribution in [-0.4, -0.2) is 61.6 Å². The Bertz CT molecular complexity index is 783. The molecule has 5 heteroatoms. The van der Waals surface area contributed by atoms with Crippen LogP contribution in [0.25, 0.3) is 6.08 Å². The van der Waals surface area contributed by atoms with Gasteiger partial charge >= 0.3 is 0 Å². The number of ether oxygens (including phenoxy) is 2. The fraction of sp³-hybridized carbons (Fsp3) is 0.348. The van der Waals surface area contributed by atoms with E-state index in [1.54, 1.807) is 14.0 Å². The van der Waals surface area contributed by atoms with Crippen molar-refractivity contribution in [2.24, 2.45) is 0 Å². The fourth-order valence-electron chi connectivity index (χ4n) is 3.27. The Labute approximate surface area is 167 Å². The van der Waals surface area contributed by atoms with E-state index < -0.39 is 6.10 Å². The monoisotopic (exact) mass is 380 g/mol. The van der Waals surface area contributed by atoms with Gasteiger partial charge in [-0.15, -0.1) is 0 Å². The van der Waals surface area contributed by atoms with Crippen molar-refractivity contribution in [3.05, 3.63) is 66.2 Å². The van der Waals surface area contributed by atoms with E-state index in [9.17, 15) is 4.79 Å². The highest BCUT2D eigenvalue weighted by Gasteiger charge is 2.26. The molecule has 0 aliphatic carbocycles. The topological polar surface area (TPSA) is 42.0 Å². The molecule has 2 aromatic carbocycles. The Morgan fingerprint density at radius 3 is 2.32 bits per heavy atom. The third-order valence-electron chi connectivity index (χ3n) is 4.88. The Balaban J connectivity index is 1.46. The first-order chi connectivity index (χ1) is 13.7. The molecule has 148 valence electrons. The molecular formula is C23H28N2O3. The van der Waals surface area contributed by atoms with Crippen molar-refractivity contribution < 1.29 is 14.3 Å². The number of hydrogen-bond donors (Lipinski definition) is 0. The lowest BCUT2D eigenvalue weighted by Gasteiger charge is -2.35. The molecule has 0 aromatic heterocycles. The quantitative estimate of drug-likeness (QED) is 0.739. The molecule has 0 bridgehead atoms. The van der Waals surface area contributed by atoms with Crippen LogP contribution in [-0.2, 0) is 4.79 Å². The predicted octanol–water partition coefficient (Wildman–Crippen LogP) is 3.32. The van der Waals surface area contributed by atoms with Crippen molar-refractivity contribution in [1.82, 2.24) is 9.80 Å². The number of hydrogen-bond acceptors (Lipinski definition) is 4. The van der Waals surface area contributed by atoms with Crippen molar-refractivity contribution in [1.29, 1.82) is 0 Å². The normalized spacial score (nSPS) is 16.1. The smallest absolute Gasteiger partial charge is 0.263 e. The third-order valence-corrected chi connectivity index (χ3v) is 4.88. The van der Waals surface area contributed by atoms with Crippen LogP contribution in [0.2, 0.25) is 0 Å². The van der Waals surface area contributed by atoms with Gasteiger partial charge in [-0.25, -0.2) is 0 Å². The van der Waals surface area contributed by atoms with E-state index in [4.69, 9.17) is 9.47 Å². The van der Waals surface area contributed by atoms with E-state index in [1.165, 1.54) is 5.56 Å². The molecule has 1 saturated heterocycles. The van der Waals surface area contributed by atoms with Gasteiger partial charge in [0.05, 0.1) is 7.11 Å². The highest BCUT2D eigenvalue weighted by atomic mass is 16.5. The summed E-state index contributed by atoms with van der Waals surface area (Å²) in [5, 5.41) is 0. The van der Waals surface area contributed by atoms with Crippen molar-refractivity contribution in [2.45, 2.75) is 13.0 Å². The van der Waals surface area contributed by atoms with Crippen LogP contribution in [0.15, 0.2) is 60.7 Å². The van der Waals surface area contributed by atoms with Gasteiger partial charge in [-0.3, -0.25) is 9.69 Å². The number of carbonyl (C=O) groups excluding carboxylic acids is 1. The molecule has 0 radical (unpaired) electrons. The lowest BCUT2D eigenvalue weighted by molar-refractivity contribution is -0.139. The zero-order valence-corrected chi connectivity index (χ0v) is 16.6. The lowest BCUT2D eigenvalue weighted by atomic mass is 10.2. The second-order valence-corrected chi connectivity index (χ2v) is 6.85.